The SMILES string of the molecule is CCC[C@H](NC(=O)[C@@H]1[C@@H]2[C@H](CN1C(=O)[C@@H](NC(=O)NC1(CS(=O)(=O)N(C(C)C)C3CC3)CCCCC1)C(C)(C)C)C2(C)C)C(=O)C(=O)NC1CC1. The molecule has 0 aromatic rings. The van der Waals surface area contributed by atoms with Gasteiger partial charge in [0.15, 0.2) is 0 Å². The predicted molar refractivity (Wildman–Crippen MR) is 194 cm³/mol. The van der Waals surface area contributed by atoms with E-state index in [0.29, 0.717) is 32.2 Å². The molecule has 0 unspecified atom stereocenters. The van der Waals surface area contributed by atoms with Crippen LogP contribution in [0.2, 0.25) is 0 Å². The molecule has 0 aromatic heterocycles. The number of likely N-dealkylation sites (tertiary alicyclic amines) is 1. The number of hydrogen-bond acceptors (Lipinski definition) is 7. The molecule has 0 bridgehead atoms. The van der Waals surface area contributed by atoms with Crippen LogP contribution in [0.15, 0.2) is 0 Å². The summed E-state index contributed by atoms with van der Waals surface area (Å²) in [5.41, 5.74) is -1.92. The van der Waals surface area contributed by atoms with Crippen LogP contribution in [-0.4, -0.2) is 101 Å². The van der Waals surface area contributed by atoms with Crippen LogP contribution >= 0.6 is 0 Å². The number of sulfonamides is 1. The molecule has 13 nitrogen and oxygen atoms in total. The van der Waals surface area contributed by atoms with Crippen molar-refractivity contribution in [1.82, 2.24) is 30.5 Å². The quantitative estimate of drug-likeness (QED) is 0.187. The zero-order valence-corrected chi connectivity index (χ0v) is 32.8. The Bertz CT molecular complexity index is 1470. The maximum Gasteiger partial charge on any atom is 0.315 e. The van der Waals surface area contributed by atoms with Gasteiger partial charge in [0.2, 0.25) is 27.6 Å². The monoisotopic (exact) mass is 734 g/mol. The van der Waals surface area contributed by atoms with Crippen molar-refractivity contribution in [1.29, 1.82) is 0 Å². The first-order chi connectivity index (χ1) is 23.7. The van der Waals surface area contributed by atoms with Crippen LogP contribution in [0.5, 0.6) is 0 Å². The highest BCUT2D eigenvalue weighted by Gasteiger charge is 2.70. The predicted octanol–water partition coefficient (Wildman–Crippen LogP) is 3.22. The van der Waals surface area contributed by atoms with Crippen molar-refractivity contribution < 1.29 is 32.4 Å². The zero-order chi connectivity index (χ0) is 37.7. The molecule has 0 aromatic carbocycles. The number of nitrogens with zero attached hydrogens (tertiary/aromatic N) is 2. The lowest BCUT2D eigenvalue weighted by molar-refractivity contribution is -0.145. The Kier molecular flexibility index (Phi) is 11.3. The van der Waals surface area contributed by atoms with Gasteiger partial charge in [-0.25, -0.2) is 13.2 Å². The van der Waals surface area contributed by atoms with E-state index in [0.717, 1.165) is 44.9 Å². The second kappa shape index (κ2) is 14.6. The van der Waals surface area contributed by atoms with Gasteiger partial charge in [0, 0.05) is 24.7 Å². The lowest BCUT2D eigenvalue weighted by Crippen LogP contribution is -2.64. The van der Waals surface area contributed by atoms with E-state index in [4.69, 9.17) is 0 Å². The molecule has 1 aliphatic heterocycles. The summed E-state index contributed by atoms with van der Waals surface area (Å²) < 4.78 is 29.2. The molecule has 0 spiro atoms. The van der Waals surface area contributed by atoms with Gasteiger partial charge >= 0.3 is 6.03 Å². The van der Waals surface area contributed by atoms with E-state index < -0.39 is 68.6 Å². The van der Waals surface area contributed by atoms with Crippen molar-refractivity contribution in [2.24, 2.45) is 22.7 Å². The highest BCUT2D eigenvalue weighted by molar-refractivity contribution is 7.89. The fraction of sp³-hybridized carbons (Fsp3) is 0.865. The van der Waals surface area contributed by atoms with E-state index in [9.17, 15) is 32.4 Å². The second-order valence-corrected chi connectivity index (χ2v) is 19.9. The van der Waals surface area contributed by atoms with Crippen LogP contribution in [0.3, 0.4) is 0 Å². The Balaban J connectivity index is 1.33. The van der Waals surface area contributed by atoms with Crippen molar-refractivity contribution in [3.05, 3.63) is 0 Å². The van der Waals surface area contributed by atoms with Crippen LogP contribution in [-0.2, 0) is 29.2 Å². The second-order valence-electron chi connectivity index (χ2n) is 18.0. The van der Waals surface area contributed by atoms with Gasteiger partial charge in [-0.05, 0) is 81.5 Å². The third-order valence-electron chi connectivity index (χ3n) is 11.9. The number of rotatable bonds is 15. The number of fused-ring (bicyclic) bond motifs is 1. The van der Waals surface area contributed by atoms with Crippen molar-refractivity contribution in [3.8, 4) is 0 Å². The molecule has 1 saturated heterocycles. The largest absolute Gasteiger partial charge is 0.347 e. The first-order valence-electron chi connectivity index (χ1n) is 19.3. The lowest BCUT2D eigenvalue weighted by Gasteiger charge is -2.41. The van der Waals surface area contributed by atoms with E-state index in [2.05, 4.69) is 35.1 Å². The number of carbonyl (C=O) groups is 5. The number of urea groups is 1. The molecular formula is C37H62N6O7S. The molecule has 5 fully saturated rings. The zero-order valence-electron chi connectivity index (χ0n) is 32.0. The number of carbonyl (C=O) groups excluding carboxylic acids is 5. The number of nitrogens with one attached hydrogen (secondary N) is 4. The molecule has 5 aliphatic rings. The summed E-state index contributed by atoms with van der Waals surface area (Å²) in [6, 6.07) is -3.68. The van der Waals surface area contributed by atoms with E-state index in [1.165, 1.54) is 0 Å². The van der Waals surface area contributed by atoms with Crippen LogP contribution in [0.25, 0.3) is 0 Å². The summed E-state index contributed by atoms with van der Waals surface area (Å²) in [5, 5.41) is 11.5. The Morgan fingerprint density at radius 1 is 0.941 bits per heavy atom. The van der Waals surface area contributed by atoms with Gasteiger partial charge in [-0.2, -0.15) is 4.31 Å². The molecule has 0 radical (unpaired) electrons. The molecule has 14 heteroatoms. The van der Waals surface area contributed by atoms with Gasteiger partial charge in [0.1, 0.15) is 12.1 Å². The smallest absolute Gasteiger partial charge is 0.315 e. The highest BCUT2D eigenvalue weighted by Crippen LogP contribution is 2.65. The molecule has 4 N–H and O–H groups in total. The van der Waals surface area contributed by atoms with E-state index in [-0.39, 0.29) is 41.1 Å². The third-order valence-corrected chi connectivity index (χ3v) is 14.2. The van der Waals surface area contributed by atoms with Crippen molar-refractivity contribution in [2.75, 3.05) is 12.3 Å². The van der Waals surface area contributed by atoms with E-state index in [1.807, 2.05) is 41.5 Å². The Labute approximate surface area is 304 Å². The number of ketones is 1. The molecule has 5 rings (SSSR count). The molecular weight excluding hydrogens is 673 g/mol. The molecule has 4 aliphatic carbocycles. The van der Waals surface area contributed by atoms with Crippen molar-refractivity contribution in [3.63, 3.8) is 0 Å². The number of piperidine rings is 1. The minimum absolute atomic E-state index is 0.00398. The van der Waals surface area contributed by atoms with Gasteiger partial charge in [-0.3, -0.25) is 19.2 Å². The summed E-state index contributed by atoms with van der Waals surface area (Å²) in [7, 11) is -3.68. The molecule has 4 saturated carbocycles. The van der Waals surface area contributed by atoms with Crippen LogP contribution < -0.4 is 21.3 Å². The minimum Gasteiger partial charge on any atom is -0.347 e. The van der Waals surface area contributed by atoms with Gasteiger partial charge in [-0.1, -0.05) is 67.2 Å². The van der Waals surface area contributed by atoms with Gasteiger partial charge in [0.25, 0.3) is 5.91 Å². The van der Waals surface area contributed by atoms with Crippen LogP contribution in [0.4, 0.5) is 4.79 Å². The van der Waals surface area contributed by atoms with Gasteiger partial charge in [0.05, 0.1) is 17.3 Å². The van der Waals surface area contributed by atoms with Crippen molar-refractivity contribution >= 4 is 39.6 Å². The van der Waals surface area contributed by atoms with Crippen molar-refractivity contribution in [2.45, 2.75) is 168 Å². The Morgan fingerprint density at radius 3 is 2.10 bits per heavy atom. The fourth-order valence-corrected chi connectivity index (χ4v) is 11.3. The minimum atomic E-state index is -3.68. The molecule has 288 valence electrons. The molecule has 5 atom stereocenters. The lowest BCUT2D eigenvalue weighted by atomic mass is 9.83. The standard InChI is InChI=1S/C37H62N6O7S/c1-9-13-26(29(44)32(46)38-23-14-15-23)39-31(45)28-27-25(36(27,7)8)20-42(28)33(47)30(35(4,5)6)40-34(48)41-37(18-11-10-12-19-37)21-51(49,50)43(22(2)3)24-16-17-24/h22-28,30H,9-21H2,1-8H3,(H,38,46)(H,39,45)(H2,40,41,48)/t25-,26-,27-,28-,30+/m0/s1. The summed E-state index contributed by atoms with van der Waals surface area (Å²) in [4.78, 5) is 69.8. The average molecular weight is 735 g/mol. The molecule has 51 heavy (non-hydrogen) atoms. The number of Topliss-reactive ketones (excluding diaryl/α,β-unsaturated/α-hetero) is 1. The third kappa shape index (κ3) is 8.74. The first kappa shape index (κ1) is 39.5. The van der Waals surface area contributed by atoms with E-state index in [1.54, 1.807) is 9.21 Å². The van der Waals surface area contributed by atoms with Gasteiger partial charge in [-0.15, -0.1) is 0 Å². The topological polar surface area (TPSA) is 174 Å². The highest BCUT2D eigenvalue weighted by atomic mass is 32.2. The summed E-state index contributed by atoms with van der Waals surface area (Å²) in [5.74, 6) is -2.53. The van der Waals surface area contributed by atoms with Crippen LogP contribution in [0.1, 0.15) is 126 Å². The summed E-state index contributed by atoms with van der Waals surface area (Å²) in [6.45, 7) is 15.6. The first-order valence-corrected chi connectivity index (χ1v) is 20.9. The maximum atomic E-state index is 14.5. The fourth-order valence-electron chi connectivity index (χ4n) is 8.75. The molecule has 5 amide bonds. The normalized spacial score (nSPS) is 26.5. The number of amides is 5. The number of hydrogen-bond donors (Lipinski definition) is 4. The summed E-state index contributed by atoms with van der Waals surface area (Å²) >= 11 is 0. The Hall–Kier alpha value is -2.74. The van der Waals surface area contributed by atoms with Crippen LogP contribution in [0, 0.1) is 22.7 Å². The maximum absolute atomic E-state index is 14.5. The molecule has 1 heterocycles. The summed E-state index contributed by atoms with van der Waals surface area (Å²) in [6.07, 6.45) is 7.78. The van der Waals surface area contributed by atoms with E-state index >= 15 is 0 Å². The Morgan fingerprint density at radius 2 is 1.57 bits per heavy atom. The van der Waals surface area contributed by atoms with Gasteiger partial charge < -0.3 is 26.2 Å². The average Bonchev–Trinajstić information content (AvgIpc) is 3.98.